The molecule has 1 aromatic rings. The van der Waals surface area contributed by atoms with Crippen LogP contribution in [0.15, 0.2) is 18.2 Å². The van der Waals surface area contributed by atoms with Crippen LogP contribution in [0.25, 0.3) is 0 Å². The van der Waals surface area contributed by atoms with Crippen molar-refractivity contribution in [3.63, 3.8) is 0 Å². The van der Waals surface area contributed by atoms with Crippen molar-refractivity contribution in [3.8, 4) is 0 Å². The highest BCUT2D eigenvalue weighted by Gasteiger charge is 2.20. The van der Waals surface area contributed by atoms with Gasteiger partial charge in [0, 0.05) is 25.8 Å². The lowest BCUT2D eigenvalue weighted by Gasteiger charge is -2.31. The van der Waals surface area contributed by atoms with Gasteiger partial charge in [0.15, 0.2) is 0 Å². The quantitative estimate of drug-likeness (QED) is 0.640. The molecule has 1 aromatic carbocycles. The zero-order valence-electron chi connectivity index (χ0n) is 11.9. The highest BCUT2D eigenvalue weighted by Crippen LogP contribution is 2.21. The number of nitrogens with one attached hydrogen (secondary N) is 1. The van der Waals surface area contributed by atoms with Crippen molar-refractivity contribution >= 4 is 5.84 Å². The summed E-state index contributed by atoms with van der Waals surface area (Å²) in [4.78, 5) is 2.24. The Morgan fingerprint density at radius 2 is 2.15 bits per heavy atom. The van der Waals surface area contributed by atoms with Crippen molar-refractivity contribution in [2.45, 2.75) is 19.4 Å². The van der Waals surface area contributed by atoms with Gasteiger partial charge >= 0.3 is 0 Å². The first-order chi connectivity index (χ1) is 9.61. The molecule has 1 aliphatic heterocycles. The molecule has 0 spiro atoms. The van der Waals surface area contributed by atoms with E-state index in [-0.39, 0.29) is 17.2 Å². The van der Waals surface area contributed by atoms with E-state index in [4.69, 9.17) is 15.9 Å². The summed E-state index contributed by atoms with van der Waals surface area (Å²) in [7, 11) is 1.73. The molecule has 1 saturated heterocycles. The Morgan fingerprint density at radius 1 is 1.45 bits per heavy atom. The summed E-state index contributed by atoms with van der Waals surface area (Å²) in [5, 5.41) is 7.38. The molecule has 0 amide bonds. The van der Waals surface area contributed by atoms with Gasteiger partial charge in [-0.25, -0.2) is 4.39 Å². The summed E-state index contributed by atoms with van der Waals surface area (Å²) >= 11 is 0. The highest BCUT2D eigenvalue weighted by atomic mass is 19.1. The second-order valence-corrected chi connectivity index (χ2v) is 5.37. The number of hydrogen-bond donors (Lipinski definition) is 2. The van der Waals surface area contributed by atoms with Crippen molar-refractivity contribution in [1.29, 1.82) is 5.41 Å². The Kier molecular flexibility index (Phi) is 5.09. The summed E-state index contributed by atoms with van der Waals surface area (Å²) in [6, 6.07) is 5.07. The maximum absolute atomic E-state index is 14.2. The van der Waals surface area contributed by atoms with E-state index >= 15 is 0 Å². The van der Waals surface area contributed by atoms with Crippen molar-refractivity contribution in [2.75, 3.05) is 26.8 Å². The van der Waals surface area contributed by atoms with Gasteiger partial charge in [0.2, 0.25) is 0 Å². The molecule has 1 heterocycles. The number of likely N-dealkylation sites (tertiary alicyclic amines) is 1. The molecule has 20 heavy (non-hydrogen) atoms. The lowest BCUT2D eigenvalue weighted by atomic mass is 9.97. The number of benzene rings is 1. The molecule has 0 aliphatic carbocycles. The number of hydrogen-bond acceptors (Lipinski definition) is 3. The largest absolute Gasteiger partial charge is 0.384 e. The van der Waals surface area contributed by atoms with Crippen LogP contribution >= 0.6 is 0 Å². The minimum Gasteiger partial charge on any atom is -0.384 e. The minimum absolute atomic E-state index is 0.191. The number of amidine groups is 1. The van der Waals surface area contributed by atoms with Gasteiger partial charge in [0.25, 0.3) is 0 Å². The molecule has 1 aliphatic rings. The molecular formula is C15H22FN3O. The second kappa shape index (κ2) is 6.81. The van der Waals surface area contributed by atoms with E-state index in [1.54, 1.807) is 25.3 Å². The second-order valence-electron chi connectivity index (χ2n) is 5.37. The van der Waals surface area contributed by atoms with Gasteiger partial charge in [-0.15, -0.1) is 0 Å². The summed E-state index contributed by atoms with van der Waals surface area (Å²) in [5.74, 6) is 0.0341. The number of nitrogen functional groups attached to an aromatic ring is 1. The lowest BCUT2D eigenvalue weighted by Crippen LogP contribution is -2.34. The zero-order valence-corrected chi connectivity index (χ0v) is 11.9. The third kappa shape index (κ3) is 3.55. The molecule has 0 unspecified atom stereocenters. The Morgan fingerprint density at radius 3 is 2.75 bits per heavy atom. The first kappa shape index (κ1) is 14.9. The molecule has 110 valence electrons. The normalized spacial score (nSPS) is 17.3. The highest BCUT2D eigenvalue weighted by molar-refractivity contribution is 5.95. The number of rotatable bonds is 5. The molecule has 0 aromatic heterocycles. The number of halogens is 1. The van der Waals surface area contributed by atoms with Crippen LogP contribution in [0.2, 0.25) is 0 Å². The molecule has 0 saturated carbocycles. The fourth-order valence-corrected chi connectivity index (χ4v) is 2.70. The number of nitrogens with zero attached hydrogens (tertiary/aromatic N) is 1. The van der Waals surface area contributed by atoms with Crippen molar-refractivity contribution in [2.24, 2.45) is 11.7 Å². The SMILES string of the molecule is COCC1CCN(Cc2cccc(C(=N)N)c2F)CC1. The third-order valence-corrected chi connectivity index (χ3v) is 3.87. The van der Waals surface area contributed by atoms with Gasteiger partial charge in [-0.1, -0.05) is 12.1 Å². The van der Waals surface area contributed by atoms with E-state index in [1.807, 2.05) is 0 Å². The predicted molar refractivity (Wildman–Crippen MR) is 77.3 cm³/mol. The van der Waals surface area contributed by atoms with Gasteiger partial charge in [0.05, 0.1) is 5.56 Å². The third-order valence-electron chi connectivity index (χ3n) is 3.87. The number of ether oxygens (including phenoxy) is 1. The van der Waals surface area contributed by atoms with Crippen molar-refractivity contribution in [3.05, 3.63) is 35.1 Å². The Hall–Kier alpha value is -1.46. The van der Waals surface area contributed by atoms with Crippen molar-refractivity contribution < 1.29 is 9.13 Å². The van der Waals surface area contributed by atoms with Gasteiger partial charge in [-0.05, 0) is 37.9 Å². The average molecular weight is 279 g/mol. The maximum Gasteiger partial charge on any atom is 0.138 e. The standard InChI is InChI=1S/C15H22FN3O/c1-20-10-11-5-7-19(8-6-11)9-12-3-2-4-13(14(12)16)15(17)18/h2-4,11H,5-10H2,1H3,(H3,17,18). The van der Waals surface area contributed by atoms with Crippen LogP contribution in [0.5, 0.6) is 0 Å². The molecule has 0 bridgehead atoms. The molecule has 4 nitrogen and oxygen atoms in total. The Labute approximate surface area is 119 Å². The predicted octanol–water partition coefficient (Wildman–Crippen LogP) is 1.97. The monoisotopic (exact) mass is 279 g/mol. The minimum atomic E-state index is -0.362. The summed E-state index contributed by atoms with van der Waals surface area (Å²) < 4.78 is 19.4. The van der Waals surface area contributed by atoms with E-state index in [1.165, 1.54) is 0 Å². The average Bonchev–Trinajstić information content (AvgIpc) is 2.43. The van der Waals surface area contributed by atoms with Crippen LogP contribution < -0.4 is 5.73 Å². The number of nitrogens with two attached hydrogens (primary N) is 1. The summed E-state index contributed by atoms with van der Waals surface area (Å²) in [5.41, 5.74) is 6.19. The topological polar surface area (TPSA) is 62.3 Å². The van der Waals surface area contributed by atoms with Crippen LogP contribution in [0, 0.1) is 17.1 Å². The molecule has 0 atom stereocenters. The van der Waals surface area contributed by atoms with Crippen LogP contribution in [-0.4, -0.2) is 37.5 Å². The smallest absolute Gasteiger partial charge is 0.138 e. The lowest BCUT2D eigenvalue weighted by molar-refractivity contribution is 0.0963. The molecule has 1 fully saturated rings. The van der Waals surface area contributed by atoms with Gasteiger partial charge in [0.1, 0.15) is 11.7 Å². The van der Waals surface area contributed by atoms with E-state index < -0.39 is 0 Å². The van der Waals surface area contributed by atoms with Crippen molar-refractivity contribution in [1.82, 2.24) is 4.90 Å². The summed E-state index contributed by atoms with van der Waals surface area (Å²) in [6.07, 6.45) is 2.17. The molecular weight excluding hydrogens is 257 g/mol. The first-order valence-electron chi connectivity index (χ1n) is 6.95. The van der Waals surface area contributed by atoms with E-state index in [2.05, 4.69) is 4.90 Å². The van der Waals surface area contributed by atoms with E-state index in [9.17, 15) is 4.39 Å². The molecule has 3 N–H and O–H groups in total. The van der Waals surface area contributed by atoms with E-state index in [0.717, 1.165) is 32.5 Å². The summed E-state index contributed by atoms with van der Waals surface area (Å²) in [6.45, 7) is 3.30. The zero-order chi connectivity index (χ0) is 14.5. The first-order valence-corrected chi connectivity index (χ1v) is 6.95. The van der Waals surface area contributed by atoms with Crippen LogP contribution in [0.4, 0.5) is 4.39 Å². The van der Waals surface area contributed by atoms with Gasteiger partial charge in [-0.3, -0.25) is 10.3 Å². The molecule has 0 radical (unpaired) electrons. The van der Waals surface area contributed by atoms with Crippen LogP contribution in [-0.2, 0) is 11.3 Å². The molecule has 2 rings (SSSR count). The molecule has 5 heteroatoms. The number of piperidine rings is 1. The van der Waals surface area contributed by atoms with Gasteiger partial charge in [-0.2, -0.15) is 0 Å². The van der Waals surface area contributed by atoms with Crippen LogP contribution in [0.3, 0.4) is 0 Å². The Balaban J connectivity index is 1.98. The fraction of sp³-hybridized carbons (Fsp3) is 0.533. The van der Waals surface area contributed by atoms with E-state index in [0.29, 0.717) is 18.0 Å². The van der Waals surface area contributed by atoms with Crippen LogP contribution in [0.1, 0.15) is 24.0 Å². The van der Waals surface area contributed by atoms with Gasteiger partial charge < -0.3 is 10.5 Å². The maximum atomic E-state index is 14.2. The Bertz CT molecular complexity index is 470. The number of methoxy groups -OCH3 is 1. The fourth-order valence-electron chi connectivity index (χ4n) is 2.70.